The topological polar surface area (TPSA) is 105 Å². The molecule has 0 spiro atoms. The van der Waals surface area contributed by atoms with Gasteiger partial charge in [0, 0.05) is 105 Å². The van der Waals surface area contributed by atoms with E-state index in [0.717, 1.165) is 26.4 Å². The Morgan fingerprint density at radius 1 is 0.312 bits per heavy atom. The van der Waals surface area contributed by atoms with Gasteiger partial charge in [0.05, 0.1) is 22.3 Å². The molecular weight excluding hydrogens is 1150 g/mol. The molecule has 4 aliphatic rings. The predicted octanol–water partition coefficient (Wildman–Crippen LogP) is 12.1. The van der Waals surface area contributed by atoms with Crippen molar-refractivity contribution in [3.8, 4) is 0 Å². The highest BCUT2D eigenvalue weighted by Crippen LogP contribution is 2.59. The second kappa shape index (κ2) is 13.8. The second-order valence-corrected chi connectivity index (χ2v) is 17.3. The molecule has 0 aliphatic carbocycles. The van der Waals surface area contributed by atoms with Crippen LogP contribution in [-0.2, 0) is 18.9 Å². The summed E-state index contributed by atoms with van der Waals surface area (Å²) < 4.78 is 23.7. The minimum Gasteiger partial charge on any atom is -0.386 e. The molecule has 0 atom stereocenters. The van der Waals surface area contributed by atoms with Gasteiger partial charge >= 0.3 is 23.9 Å². The lowest BCUT2D eigenvalue weighted by Crippen LogP contribution is -2.22. The van der Waals surface area contributed by atoms with Crippen molar-refractivity contribution >= 4 is 194 Å². The van der Waals surface area contributed by atoms with Crippen molar-refractivity contribution in [1.82, 2.24) is 0 Å². The summed E-state index contributed by atoms with van der Waals surface area (Å²) in [5.74, 6) is -3.14. The number of esters is 4. The molecule has 0 bridgehead atoms. The molecule has 248 valence electrons. The standard InChI is InChI=1S/C24Br8O6.2C4H8O/c25-13-5-1-3-9(17(13)29)21(33)37-22(34)10(3)18(30)14(26)6(1)8-2-4-11(19(31)15(27)7(2)5)23(35)38-24(36)12(4)20(32)16(8)28;2*1-2-4-5-3-1/h;2*1-4H2. The van der Waals surface area contributed by atoms with Crippen LogP contribution in [0.25, 0.3) is 43.1 Å². The maximum atomic E-state index is 13.0. The van der Waals surface area contributed by atoms with Gasteiger partial charge in [-0.05, 0) is 153 Å². The van der Waals surface area contributed by atoms with E-state index in [1.807, 2.05) is 0 Å². The normalized spacial score (nSPS) is 16.8. The lowest BCUT2D eigenvalue weighted by molar-refractivity contribution is 0.0371. The first-order chi connectivity index (χ1) is 22.9. The Morgan fingerprint density at radius 2 is 0.542 bits per heavy atom. The molecule has 9 rings (SSSR count). The number of benzene rings is 5. The van der Waals surface area contributed by atoms with Gasteiger partial charge in [0.1, 0.15) is 0 Å². The largest absolute Gasteiger partial charge is 0.386 e. The average Bonchev–Trinajstić information content (AvgIpc) is 3.82. The van der Waals surface area contributed by atoms with Crippen molar-refractivity contribution in [1.29, 1.82) is 0 Å². The van der Waals surface area contributed by atoms with Gasteiger partial charge in [-0.25, -0.2) is 19.2 Å². The number of fused-ring (bicyclic) bond motifs is 2. The zero-order valence-electron chi connectivity index (χ0n) is 23.9. The summed E-state index contributed by atoms with van der Waals surface area (Å²) in [4.78, 5) is 52.1. The summed E-state index contributed by atoms with van der Waals surface area (Å²) in [5, 5.41) is 4.57. The Balaban J connectivity index is 0.000000313. The van der Waals surface area contributed by atoms with Crippen LogP contribution in [0, 0.1) is 0 Å². The number of cyclic esters (lactones) is 4. The number of halogens is 8. The highest BCUT2D eigenvalue weighted by Gasteiger charge is 2.40. The minimum absolute atomic E-state index is 0.192. The molecule has 5 aromatic carbocycles. The van der Waals surface area contributed by atoms with Crippen LogP contribution in [-0.4, -0.2) is 50.3 Å². The molecule has 0 aromatic heterocycles. The molecule has 2 saturated heterocycles. The molecule has 0 saturated carbocycles. The monoisotopic (exact) mass is 1160 g/mol. The van der Waals surface area contributed by atoms with E-state index in [4.69, 9.17) is 18.9 Å². The SMILES string of the molecule is C1CCOC1.C1CCOC1.O=C1OC(=O)c2c(Br)c(Br)c3c4c(Br)c(Br)c5c6c(c(Br)c(Br)c(c7c(Br)c(Br)c1c2c73)c64)C(=O)OC5=O. The van der Waals surface area contributed by atoms with Crippen LogP contribution in [0.2, 0.25) is 0 Å². The van der Waals surface area contributed by atoms with Crippen molar-refractivity contribution < 1.29 is 38.1 Å². The highest BCUT2D eigenvalue weighted by molar-refractivity contribution is 9.14. The van der Waals surface area contributed by atoms with Gasteiger partial charge in [-0.2, -0.15) is 0 Å². The Kier molecular flexibility index (Phi) is 10.3. The summed E-state index contributed by atoms with van der Waals surface area (Å²) in [5.41, 5.74) is 0.770. The summed E-state index contributed by atoms with van der Waals surface area (Å²) in [6.45, 7) is 4.00. The average molecular weight is 1170 g/mol. The molecule has 0 N–H and O–H groups in total. The fourth-order valence-corrected chi connectivity index (χ4v) is 11.0. The Hall–Kier alpha value is -0.560. The van der Waals surface area contributed by atoms with E-state index in [9.17, 15) is 19.2 Å². The summed E-state index contributed by atoms with van der Waals surface area (Å²) >= 11 is 28.9. The fourth-order valence-electron chi connectivity index (χ4n) is 6.35. The van der Waals surface area contributed by atoms with Crippen LogP contribution in [0.1, 0.15) is 67.1 Å². The highest BCUT2D eigenvalue weighted by atomic mass is 79.9. The van der Waals surface area contributed by atoms with Crippen molar-refractivity contribution in [2.24, 2.45) is 0 Å². The smallest absolute Gasteiger partial charge is 0.347 e. The maximum Gasteiger partial charge on any atom is 0.347 e. The summed E-state index contributed by atoms with van der Waals surface area (Å²) in [6, 6.07) is 0. The van der Waals surface area contributed by atoms with Crippen LogP contribution in [0.5, 0.6) is 0 Å². The number of hydrogen-bond acceptors (Lipinski definition) is 8. The lowest BCUT2D eigenvalue weighted by atomic mass is 9.83. The molecule has 0 amide bonds. The van der Waals surface area contributed by atoms with Gasteiger partial charge in [-0.15, -0.1) is 0 Å². The van der Waals surface area contributed by atoms with Crippen LogP contribution in [0.15, 0.2) is 35.8 Å². The van der Waals surface area contributed by atoms with Crippen molar-refractivity contribution in [3.63, 3.8) is 0 Å². The molecule has 0 unspecified atom stereocenters. The molecule has 8 nitrogen and oxygen atoms in total. The predicted molar refractivity (Wildman–Crippen MR) is 209 cm³/mol. The molecule has 16 heteroatoms. The van der Waals surface area contributed by atoms with Crippen molar-refractivity contribution in [2.45, 2.75) is 25.7 Å². The van der Waals surface area contributed by atoms with E-state index >= 15 is 0 Å². The van der Waals surface area contributed by atoms with E-state index in [2.05, 4.69) is 127 Å². The molecule has 4 heterocycles. The Bertz CT molecular complexity index is 1990. The van der Waals surface area contributed by atoms with Gasteiger partial charge < -0.3 is 18.9 Å². The number of hydrogen-bond donors (Lipinski definition) is 0. The zero-order valence-corrected chi connectivity index (χ0v) is 36.6. The first kappa shape index (κ1) is 35.8. The fraction of sp³-hybridized carbons (Fsp3) is 0.250. The van der Waals surface area contributed by atoms with Crippen LogP contribution in [0.4, 0.5) is 0 Å². The summed E-state index contributed by atoms with van der Waals surface area (Å²) in [7, 11) is 0. The van der Waals surface area contributed by atoms with Crippen molar-refractivity contribution in [3.05, 3.63) is 58.0 Å². The minimum atomic E-state index is -0.785. The van der Waals surface area contributed by atoms with Crippen molar-refractivity contribution in [2.75, 3.05) is 26.4 Å². The van der Waals surface area contributed by atoms with Gasteiger partial charge in [0.2, 0.25) is 0 Å². The van der Waals surface area contributed by atoms with E-state index in [0.29, 0.717) is 78.9 Å². The third-order valence-corrected chi connectivity index (χ3v) is 16.8. The number of rotatable bonds is 0. The van der Waals surface area contributed by atoms with E-state index in [-0.39, 0.29) is 22.3 Å². The number of carbonyl (C=O) groups excluding carboxylic acids is 4. The molecule has 2 fully saturated rings. The number of ether oxygens (including phenoxy) is 4. The third kappa shape index (κ3) is 5.36. The van der Waals surface area contributed by atoms with E-state index < -0.39 is 23.9 Å². The lowest BCUT2D eigenvalue weighted by Gasteiger charge is -2.28. The molecule has 0 radical (unpaired) electrons. The van der Waals surface area contributed by atoms with E-state index in [1.165, 1.54) is 25.7 Å². The zero-order chi connectivity index (χ0) is 34.3. The third-order valence-electron chi connectivity index (χ3n) is 8.37. The first-order valence-corrected chi connectivity index (χ1v) is 20.6. The van der Waals surface area contributed by atoms with Gasteiger partial charge in [0.25, 0.3) is 0 Å². The van der Waals surface area contributed by atoms with Gasteiger partial charge in [-0.1, -0.05) is 0 Å². The van der Waals surface area contributed by atoms with Crippen LogP contribution < -0.4 is 0 Å². The second-order valence-electron chi connectivity index (χ2n) is 11.0. The maximum absolute atomic E-state index is 13.0. The quantitative estimate of drug-likeness (QED) is 0.0653. The number of carbonyl (C=O) groups is 4. The van der Waals surface area contributed by atoms with E-state index in [1.54, 1.807) is 0 Å². The molecule has 5 aromatic rings. The van der Waals surface area contributed by atoms with Crippen LogP contribution >= 0.6 is 127 Å². The molecular formula is C32H16Br8O8. The van der Waals surface area contributed by atoms with Gasteiger partial charge in [0.15, 0.2) is 0 Å². The van der Waals surface area contributed by atoms with Crippen LogP contribution in [0.3, 0.4) is 0 Å². The Morgan fingerprint density at radius 3 is 0.729 bits per heavy atom. The van der Waals surface area contributed by atoms with Gasteiger partial charge in [-0.3, -0.25) is 0 Å². The summed E-state index contributed by atoms with van der Waals surface area (Å²) in [6.07, 6.45) is 5.11. The molecule has 4 aliphatic heterocycles. The first-order valence-electron chi connectivity index (χ1n) is 14.3. The Labute approximate surface area is 339 Å². The molecule has 48 heavy (non-hydrogen) atoms.